The molecule has 0 radical (unpaired) electrons. The van der Waals surface area contributed by atoms with Gasteiger partial charge in [-0.25, -0.2) is 0 Å². The van der Waals surface area contributed by atoms with Crippen LogP contribution in [0.3, 0.4) is 0 Å². The van der Waals surface area contributed by atoms with Gasteiger partial charge in [0.25, 0.3) is 0 Å². The molecule has 0 unspecified atom stereocenters. The van der Waals surface area contributed by atoms with Crippen molar-refractivity contribution in [2.24, 2.45) is 5.73 Å². The first-order valence-corrected chi connectivity index (χ1v) is 6.56. The van der Waals surface area contributed by atoms with Gasteiger partial charge >= 0.3 is 0 Å². The molecule has 1 heterocycles. The lowest BCUT2D eigenvalue weighted by Crippen LogP contribution is -2.49. The zero-order chi connectivity index (χ0) is 12.5. The Bertz CT molecular complexity index is 216. The van der Waals surface area contributed by atoms with Gasteiger partial charge in [0, 0.05) is 32.8 Å². The van der Waals surface area contributed by atoms with Crippen molar-refractivity contribution in [3.8, 4) is 0 Å². The van der Waals surface area contributed by atoms with Gasteiger partial charge in [0.15, 0.2) is 0 Å². The minimum absolute atomic E-state index is 0.219. The van der Waals surface area contributed by atoms with E-state index in [-0.39, 0.29) is 5.91 Å². The summed E-state index contributed by atoms with van der Waals surface area (Å²) < 4.78 is 5.20. The summed E-state index contributed by atoms with van der Waals surface area (Å²) in [6, 6.07) is 0. The lowest BCUT2D eigenvalue weighted by Gasteiger charge is -2.34. The number of nitrogens with two attached hydrogens (primary N) is 1. The van der Waals surface area contributed by atoms with E-state index < -0.39 is 0 Å². The summed E-state index contributed by atoms with van der Waals surface area (Å²) in [5.41, 5.74) is 5.48. The number of ether oxygens (including phenoxy) is 1. The minimum atomic E-state index is 0.219. The number of nitrogens with zero attached hydrogens (tertiary/aromatic N) is 2. The second kappa shape index (κ2) is 8.44. The van der Waals surface area contributed by atoms with Gasteiger partial charge in [-0.1, -0.05) is 0 Å². The normalized spacial score (nSPS) is 17.4. The maximum absolute atomic E-state index is 11.8. The van der Waals surface area contributed by atoms with Crippen LogP contribution in [0.5, 0.6) is 0 Å². The zero-order valence-corrected chi connectivity index (χ0v) is 10.9. The van der Waals surface area contributed by atoms with E-state index in [1.54, 1.807) is 0 Å². The summed E-state index contributed by atoms with van der Waals surface area (Å²) >= 11 is 0. The van der Waals surface area contributed by atoms with Crippen LogP contribution in [-0.4, -0.2) is 68.2 Å². The Morgan fingerprint density at radius 3 is 2.59 bits per heavy atom. The molecule has 1 aliphatic rings. The summed E-state index contributed by atoms with van der Waals surface area (Å²) in [5, 5.41) is 0. The highest BCUT2D eigenvalue weighted by Crippen LogP contribution is 2.04. The third-order valence-electron chi connectivity index (χ3n) is 3.07. The van der Waals surface area contributed by atoms with Crippen molar-refractivity contribution in [1.29, 1.82) is 0 Å². The van der Waals surface area contributed by atoms with Crippen LogP contribution in [-0.2, 0) is 9.53 Å². The average Bonchev–Trinajstić information content (AvgIpc) is 2.37. The molecule has 0 spiro atoms. The number of hydrogen-bond acceptors (Lipinski definition) is 4. The molecule has 5 nitrogen and oxygen atoms in total. The van der Waals surface area contributed by atoms with Crippen molar-refractivity contribution < 1.29 is 9.53 Å². The third-order valence-corrected chi connectivity index (χ3v) is 3.07. The molecular weight excluding hydrogens is 218 g/mol. The van der Waals surface area contributed by atoms with Gasteiger partial charge in [-0.05, 0) is 26.4 Å². The van der Waals surface area contributed by atoms with E-state index in [0.29, 0.717) is 19.6 Å². The quantitative estimate of drug-likeness (QED) is 0.635. The summed E-state index contributed by atoms with van der Waals surface area (Å²) in [7, 11) is 0. The molecule has 1 fully saturated rings. The maximum atomic E-state index is 11.8. The van der Waals surface area contributed by atoms with Gasteiger partial charge < -0.3 is 15.4 Å². The van der Waals surface area contributed by atoms with Gasteiger partial charge in [-0.3, -0.25) is 9.69 Å². The zero-order valence-electron chi connectivity index (χ0n) is 10.9. The molecule has 0 aromatic heterocycles. The molecule has 0 aromatic rings. The predicted octanol–water partition coefficient (Wildman–Crippen LogP) is -0.0940. The van der Waals surface area contributed by atoms with E-state index >= 15 is 0 Å². The SMILES string of the molecule is CCOCCC(=O)N1CCN(CCCN)CC1. The molecule has 0 bridgehead atoms. The fourth-order valence-corrected chi connectivity index (χ4v) is 2.00. The van der Waals surface area contributed by atoms with E-state index in [1.807, 2.05) is 11.8 Å². The van der Waals surface area contributed by atoms with Gasteiger partial charge in [0.1, 0.15) is 0 Å². The Hall–Kier alpha value is -0.650. The summed E-state index contributed by atoms with van der Waals surface area (Å²) in [5.74, 6) is 0.219. The van der Waals surface area contributed by atoms with Crippen molar-refractivity contribution in [2.45, 2.75) is 19.8 Å². The van der Waals surface area contributed by atoms with Crippen LogP contribution in [0.25, 0.3) is 0 Å². The first-order chi connectivity index (χ1) is 8.27. The molecule has 1 rings (SSSR count). The van der Waals surface area contributed by atoms with Crippen LogP contribution in [0.15, 0.2) is 0 Å². The summed E-state index contributed by atoms with van der Waals surface area (Å²) in [6.45, 7) is 8.60. The lowest BCUT2D eigenvalue weighted by molar-refractivity contribution is -0.134. The Balaban J connectivity index is 2.15. The lowest BCUT2D eigenvalue weighted by atomic mass is 10.2. The van der Waals surface area contributed by atoms with E-state index in [1.165, 1.54) is 0 Å². The van der Waals surface area contributed by atoms with Gasteiger partial charge in [0.05, 0.1) is 13.0 Å². The van der Waals surface area contributed by atoms with Crippen molar-refractivity contribution in [3.05, 3.63) is 0 Å². The van der Waals surface area contributed by atoms with Crippen LogP contribution < -0.4 is 5.73 Å². The Morgan fingerprint density at radius 1 is 1.29 bits per heavy atom. The highest BCUT2D eigenvalue weighted by molar-refractivity contribution is 5.76. The molecule has 0 aliphatic carbocycles. The fraction of sp³-hybridized carbons (Fsp3) is 0.917. The number of carbonyl (C=O) groups is 1. The van der Waals surface area contributed by atoms with Crippen LogP contribution in [0.2, 0.25) is 0 Å². The number of rotatable bonds is 7. The van der Waals surface area contributed by atoms with E-state index in [4.69, 9.17) is 10.5 Å². The topological polar surface area (TPSA) is 58.8 Å². The molecule has 1 amide bonds. The highest BCUT2D eigenvalue weighted by Gasteiger charge is 2.19. The largest absolute Gasteiger partial charge is 0.381 e. The molecule has 0 aromatic carbocycles. The third kappa shape index (κ3) is 5.48. The first kappa shape index (κ1) is 14.4. The molecule has 0 atom stereocenters. The molecule has 100 valence electrons. The minimum Gasteiger partial charge on any atom is -0.381 e. The smallest absolute Gasteiger partial charge is 0.224 e. The van der Waals surface area contributed by atoms with E-state index in [2.05, 4.69) is 4.90 Å². The van der Waals surface area contributed by atoms with Crippen molar-refractivity contribution in [3.63, 3.8) is 0 Å². The predicted molar refractivity (Wildman–Crippen MR) is 67.8 cm³/mol. The Kier molecular flexibility index (Phi) is 7.16. The van der Waals surface area contributed by atoms with Crippen LogP contribution in [0.4, 0.5) is 0 Å². The van der Waals surface area contributed by atoms with E-state index in [9.17, 15) is 4.79 Å². The molecule has 17 heavy (non-hydrogen) atoms. The number of piperazine rings is 1. The second-order valence-corrected chi connectivity index (χ2v) is 4.31. The van der Waals surface area contributed by atoms with Crippen molar-refractivity contribution in [1.82, 2.24) is 9.80 Å². The van der Waals surface area contributed by atoms with E-state index in [0.717, 1.165) is 45.7 Å². The highest BCUT2D eigenvalue weighted by atomic mass is 16.5. The van der Waals surface area contributed by atoms with Gasteiger partial charge in [0.2, 0.25) is 5.91 Å². The van der Waals surface area contributed by atoms with Crippen molar-refractivity contribution >= 4 is 5.91 Å². The van der Waals surface area contributed by atoms with Crippen molar-refractivity contribution in [2.75, 3.05) is 52.5 Å². The Labute approximate surface area is 104 Å². The number of hydrogen-bond donors (Lipinski definition) is 1. The molecule has 1 saturated heterocycles. The van der Waals surface area contributed by atoms with Gasteiger partial charge in [-0.15, -0.1) is 0 Å². The summed E-state index contributed by atoms with van der Waals surface area (Å²) in [6.07, 6.45) is 1.55. The molecule has 0 saturated carbocycles. The monoisotopic (exact) mass is 243 g/mol. The molecule has 1 aliphatic heterocycles. The molecular formula is C12H25N3O2. The fourth-order valence-electron chi connectivity index (χ4n) is 2.00. The number of amides is 1. The second-order valence-electron chi connectivity index (χ2n) is 4.31. The molecule has 2 N–H and O–H groups in total. The first-order valence-electron chi connectivity index (χ1n) is 6.56. The van der Waals surface area contributed by atoms with Crippen LogP contribution in [0.1, 0.15) is 19.8 Å². The Morgan fingerprint density at radius 2 is 2.00 bits per heavy atom. The summed E-state index contributed by atoms with van der Waals surface area (Å²) in [4.78, 5) is 16.1. The van der Waals surface area contributed by atoms with Crippen LogP contribution >= 0.6 is 0 Å². The maximum Gasteiger partial charge on any atom is 0.224 e. The molecule has 5 heteroatoms. The van der Waals surface area contributed by atoms with Gasteiger partial charge in [-0.2, -0.15) is 0 Å². The number of carbonyl (C=O) groups excluding carboxylic acids is 1. The van der Waals surface area contributed by atoms with Crippen LogP contribution in [0, 0.1) is 0 Å². The standard InChI is InChI=1S/C12H25N3O2/c1-2-17-11-4-12(16)15-9-7-14(8-10-15)6-3-5-13/h2-11,13H2,1H3. The average molecular weight is 243 g/mol.